The summed E-state index contributed by atoms with van der Waals surface area (Å²) in [6.07, 6.45) is 6.00. The number of hydrogen-bond acceptors (Lipinski definition) is 6. The quantitative estimate of drug-likeness (QED) is 0.735. The molecular weight excluding hydrogens is 398 g/mol. The van der Waals surface area contributed by atoms with Gasteiger partial charge in [-0.05, 0) is 64.9 Å². The van der Waals surface area contributed by atoms with E-state index < -0.39 is 11.7 Å². The van der Waals surface area contributed by atoms with Gasteiger partial charge in [-0.1, -0.05) is 6.07 Å². The SMILES string of the molecule is CC(C)(C)OC(=O)NC1CCN2C(=O)COc3ncccc3C3CCC(CC3)OCC12. The molecule has 0 aromatic carbocycles. The van der Waals surface area contributed by atoms with Crippen LogP contribution in [0.5, 0.6) is 5.88 Å². The summed E-state index contributed by atoms with van der Waals surface area (Å²) in [6.45, 7) is 6.36. The predicted molar refractivity (Wildman–Crippen MR) is 114 cm³/mol. The van der Waals surface area contributed by atoms with Gasteiger partial charge in [-0.2, -0.15) is 0 Å². The van der Waals surface area contributed by atoms with Crippen molar-refractivity contribution in [2.45, 2.75) is 82.6 Å². The van der Waals surface area contributed by atoms with Crippen molar-refractivity contribution in [2.75, 3.05) is 19.8 Å². The summed E-state index contributed by atoms with van der Waals surface area (Å²) < 4.78 is 17.6. The Hall–Kier alpha value is -2.35. The summed E-state index contributed by atoms with van der Waals surface area (Å²) in [4.78, 5) is 31.5. The van der Waals surface area contributed by atoms with Crippen LogP contribution in [0, 0.1) is 0 Å². The molecule has 5 rings (SSSR count). The molecule has 0 radical (unpaired) electrons. The summed E-state index contributed by atoms with van der Waals surface area (Å²) in [5.41, 5.74) is 0.502. The monoisotopic (exact) mass is 431 g/mol. The highest BCUT2D eigenvalue weighted by Gasteiger charge is 2.40. The van der Waals surface area contributed by atoms with Crippen molar-refractivity contribution in [3.63, 3.8) is 0 Å². The number of carbonyl (C=O) groups is 2. The third-order valence-electron chi connectivity index (χ3n) is 6.32. The van der Waals surface area contributed by atoms with E-state index in [-0.39, 0.29) is 30.7 Å². The van der Waals surface area contributed by atoms with E-state index in [2.05, 4.69) is 16.4 Å². The first-order valence-electron chi connectivity index (χ1n) is 11.3. The molecule has 1 aromatic rings. The van der Waals surface area contributed by atoms with E-state index in [4.69, 9.17) is 14.2 Å². The molecule has 1 aliphatic carbocycles. The molecule has 4 aliphatic rings. The van der Waals surface area contributed by atoms with Crippen LogP contribution in [0.25, 0.3) is 0 Å². The van der Waals surface area contributed by atoms with Gasteiger partial charge in [0.2, 0.25) is 5.88 Å². The van der Waals surface area contributed by atoms with Gasteiger partial charge >= 0.3 is 6.09 Å². The lowest BCUT2D eigenvalue weighted by Crippen LogP contribution is -2.51. The number of aromatic nitrogens is 1. The number of fused-ring (bicyclic) bond motifs is 5. The second kappa shape index (κ2) is 9.02. The summed E-state index contributed by atoms with van der Waals surface area (Å²) in [5, 5.41) is 2.95. The van der Waals surface area contributed by atoms with Crippen molar-refractivity contribution in [3.8, 4) is 5.88 Å². The molecule has 2 amide bonds. The lowest BCUT2D eigenvalue weighted by Gasteiger charge is -2.32. The highest BCUT2D eigenvalue weighted by atomic mass is 16.6. The number of rotatable bonds is 1. The predicted octanol–water partition coefficient (Wildman–Crippen LogP) is 3.01. The number of hydrogen-bond donors (Lipinski definition) is 1. The number of amides is 2. The number of pyridine rings is 1. The van der Waals surface area contributed by atoms with Crippen LogP contribution in [0.3, 0.4) is 0 Å². The number of nitrogens with one attached hydrogen (secondary N) is 1. The maximum absolute atomic E-state index is 13.0. The molecule has 31 heavy (non-hydrogen) atoms. The van der Waals surface area contributed by atoms with E-state index in [1.54, 1.807) is 11.1 Å². The van der Waals surface area contributed by atoms with E-state index in [9.17, 15) is 9.59 Å². The van der Waals surface area contributed by atoms with Crippen LogP contribution in [-0.4, -0.2) is 65.4 Å². The molecule has 0 spiro atoms. The van der Waals surface area contributed by atoms with Crippen LogP contribution in [0.2, 0.25) is 0 Å². The van der Waals surface area contributed by atoms with Gasteiger partial charge in [-0.25, -0.2) is 9.78 Å². The maximum atomic E-state index is 13.0. The van der Waals surface area contributed by atoms with Gasteiger partial charge in [0.25, 0.3) is 5.91 Å². The van der Waals surface area contributed by atoms with Crippen molar-refractivity contribution in [1.82, 2.24) is 15.2 Å². The molecule has 2 atom stereocenters. The zero-order valence-electron chi connectivity index (χ0n) is 18.6. The van der Waals surface area contributed by atoms with Gasteiger partial charge in [0.1, 0.15) is 5.60 Å². The van der Waals surface area contributed by atoms with Gasteiger partial charge in [-0.15, -0.1) is 0 Å². The average molecular weight is 432 g/mol. The van der Waals surface area contributed by atoms with E-state index >= 15 is 0 Å². The van der Waals surface area contributed by atoms with Gasteiger partial charge < -0.3 is 24.4 Å². The minimum absolute atomic E-state index is 0.0736. The van der Waals surface area contributed by atoms with E-state index in [0.717, 1.165) is 31.2 Å². The molecule has 1 saturated heterocycles. The number of carbonyl (C=O) groups excluding carboxylic acids is 2. The molecule has 8 nitrogen and oxygen atoms in total. The third-order valence-corrected chi connectivity index (χ3v) is 6.32. The van der Waals surface area contributed by atoms with Crippen molar-refractivity contribution >= 4 is 12.0 Å². The fourth-order valence-corrected chi connectivity index (χ4v) is 4.82. The number of nitrogens with zero attached hydrogens (tertiary/aromatic N) is 2. The molecule has 4 heterocycles. The standard InChI is InChI=1S/C23H33N3O5/c1-23(2,3)31-22(28)25-18-10-12-26-19(18)13-29-16-8-6-15(7-9-16)17-5-4-11-24-21(17)30-14-20(26)27/h4-5,11,15-16,18-19H,6-10,12-14H2,1-3H3,(H,25,28). The number of ether oxygens (including phenoxy) is 3. The van der Waals surface area contributed by atoms with Gasteiger partial charge in [0, 0.05) is 18.3 Å². The molecule has 1 N–H and O–H groups in total. The molecule has 1 aromatic heterocycles. The fraction of sp³-hybridized carbons (Fsp3) is 0.696. The van der Waals surface area contributed by atoms with Crippen LogP contribution in [0.1, 0.15) is 64.4 Å². The van der Waals surface area contributed by atoms with Gasteiger partial charge in [-0.3, -0.25) is 4.79 Å². The Morgan fingerprint density at radius 1 is 1.23 bits per heavy atom. The third kappa shape index (κ3) is 5.29. The highest BCUT2D eigenvalue weighted by Crippen LogP contribution is 2.38. The van der Waals surface area contributed by atoms with Gasteiger partial charge in [0.05, 0.1) is 24.8 Å². The second-order valence-corrected chi connectivity index (χ2v) is 9.69. The Morgan fingerprint density at radius 3 is 2.74 bits per heavy atom. The van der Waals surface area contributed by atoms with Crippen LogP contribution < -0.4 is 10.1 Å². The fourth-order valence-electron chi connectivity index (χ4n) is 4.82. The Balaban J connectivity index is 1.51. The minimum Gasteiger partial charge on any atom is -0.467 e. The normalized spacial score (nSPS) is 29.0. The first-order valence-corrected chi connectivity index (χ1v) is 11.3. The highest BCUT2D eigenvalue weighted by molar-refractivity contribution is 5.79. The maximum Gasteiger partial charge on any atom is 0.407 e. The first-order chi connectivity index (χ1) is 14.8. The Labute approximate surface area is 183 Å². The van der Waals surface area contributed by atoms with Gasteiger partial charge in [0.15, 0.2) is 6.61 Å². The van der Waals surface area contributed by atoms with E-state index in [1.807, 2.05) is 26.8 Å². The van der Waals surface area contributed by atoms with E-state index in [0.29, 0.717) is 31.4 Å². The van der Waals surface area contributed by atoms with Crippen LogP contribution in [0.4, 0.5) is 4.79 Å². The molecule has 1 saturated carbocycles. The van der Waals surface area contributed by atoms with Crippen LogP contribution >= 0.6 is 0 Å². The largest absolute Gasteiger partial charge is 0.467 e. The van der Waals surface area contributed by atoms with Crippen molar-refractivity contribution in [1.29, 1.82) is 0 Å². The van der Waals surface area contributed by atoms with Crippen molar-refractivity contribution in [2.24, 2.45) is 0 Å². The summed E-state index contributed by atoms with van der Waals surface area (Å²) in [6, 6.07) is 3.52. The summed E-state index contributed by atoms with van der Waals surface area (Å²) in [7, 11) is 0. The van der Waals surface area contributed by atoms with Crippen LogP contribution in [-0.2, 0) is 14.3 Å². The minimum atomic E-state index is -0.577. The second-order valence-electron chi connectivity index (χ2n) is 9.69. The Morgan fingerprint density at radius 2 is 2.00 bits per heavy atom. The zero-order valence-corrected chi connectivity index (χ0v) is 18.6. The molecule has 2 fully saturated rings. The first kappa shape index (κ1) is 21.9. The average Bonchev–Trinajstić information content (AvgIpc) is 3.12. The van der Waals surface area contributed by atoms with Crippen molar-refractivity contribution in [3.05, 3.63) is 23.9 Å². The smallest absolute Gasteiger partial charge is 0.407 e. The molecule has 170 valence electrons. The van der Waals surface area contributed by atoms with E-state index in [1.165, 1.54) is 0 Å². The summed E-state index contributed by atoms with van der Waals surface area (Å²) in [5.74, 6) is 0.810. The lowest BCUT2D eigenvalue weighted by atomic mass is 9.83. The zero-order chi connectivity index (χ0) is 22.0. The van der Waals surface area contributed by atoms with Crippen LogP contribution in [0.15, 0.2) is 18.3 Å². The number of alkyl carbamates (subject to hydrolysis) is 1. The lowest BCUT2D eigenvalue weighted by molar-refractivity contribution is -0.136. The Bertz CT molecular complexity index is 801. The van der Waals surface area contributed by atoms with Crippen molar-refractivity contribution < 1.29 is 23.8 Å². The summed E-state index contributed by atoms with van der Waals surface area (Å²) >= 11 is 0. The molecule has 2 unspecified atom stereocenters. The molecule has 8 heteroatoms. The molecule has 3 aliphatic heterocycles. The molecule has 2 bridgehead atoms. The Kier molecular flexibility index (Phi) is 6.36. The topological polar surface area (TPSA) is 90.0 Å². The molecular formula is C23H33N3O5.